The van der Waals surface area contributed by atoms with Crippen molar-refractivity contribution >= 4 is 11.7 Å². The van der Waals surface area contributed by atoms with Crippen LogP contribution in [0.25, 0.3) is 0 Å². The van der Waals surface area contributed by atoms with Crippen molar-refractivity contribution < 1.29 is 9.59 Å². The maximum absolute atomic E-state index is 12.1. The number of nitrogens with one attached hydrogen (secondary N) is 1. The van der Waals surface area contributed by atoms with Gasteiger partial charge in [0.25, 0.3) is 0 Å². The van der Waals surface area contributed by atoms with Gasteiger partial charge in [-0.15, -0.1) is 0 Å². The third kappa shape index (κ3) is 2.34. The average molecular weight is 228 g/mol. The largest absolute Gasteiger partial charge is 0.355 e. The highest BCUT2D eigenvalue weighted by molar-refractivity contribution is 6.10. The molecule has 1 aromatic rings. The molecule has 1 atom stereocenters. The van der Waals surface area contributed by atoms with E-state index in [0.29, 0.717) is 24.1 Å². The van der Waals surface area contributed by atoms with Crippen LogP contribution in [0.3, 0.4) is 0 Å². The number of Topliss-reactive ketones (excluding diaryl/α,β-unsaturated/α-hetero) is 1. The molecule has 0 bridgehead atoms. The molecule has 1 N–H and O–H groups in total. The van der Waals surface area contributed by atoms with E-state index in [9.17, 15) is 9.59 Å². The van der Waals surface area contributed by atoms with Crippen LogP contribution in [0.2, 0.25) is 0 Å². The van der Waals surface area contributed by atoms with Gasteiger partial charge in [-0.25, -0.2) is 0 Å². The monoisotopic (exact) mass is 228 g/mol. The Balaban J connectivity index is 2.18. The lowest BCUT2D eigenvalue weighted by Gasteiger charge is -2.20. The van der Waals surface area contributed by atoms with Crippen LogP contribution in [0.5, 0.6) is 0 Å². The van der Waals surface area contributed by atoms with E-state index in [1.807, 2.05) is 6.07 Å². The van der Waals surface area contributed by atoms with Gasteiger partial charge in [-0.1, -0.05) is 12.1 Å². The van der Waals surface area contributed by atoms with Crippen molar-refractivity contribution in [3.63, 3.8) is 0 Å². The van der Waals surface area contributed by atoms with E-state index in [2.05, 4.69) is 5.32 Å². The molecule has 1 unspecified atom stereocenters. The van der Waals surface area contributed by atoms with Gasteiger partial charge in [0.2, 0.25) is 5.91 Å². The number of hydrogen-bond donors (Lipinski definition) is 1. The topological polar surface area (TPSA) is 70.0 Å². The lowest BCUT2D eigenvalue weighted by molar-refractivity contribution is -0.124. The molecule has 2 rings (SSSR count). The zero-order valence-corrected chi connectivity index (χ0v) is 9.27. The van der Waals surface area contributed by atoms with Crippen LogP contribution in [0, 0.1) is 17.2 Å². The first kappa shape index (κ1) is 11.3. The second-order valence-electron chi connectivity index (χ2n) is 4.04. The summed E-state index contributed by atoms with van der Waals surface area (Å²) >= 11 is 0. The summed E-state index contributed by atoms with van der Waals surface area (Å²) in [4.78, 5) is 23.6. The van der Waals surface area contributed by atoms with Gasteiger partial charge in [0.05, 0.1) is 11.6 Å². The number of carbonyl (C=O) groups excluding carboxylic acids is 2. The van der Waals surface area contributed by atoms with Crippen molar-refractivity contribution in [1.82, 2.24) is 5.32 Å². The van der Waals surface area contributed by atoms with Crippen molar-refractivity contribution in [3.05, 3.63) is 35.4 Å². The molecular formula is C13H12N2O2. The lowest BCUT2D eigenvalue weighted by Crippen LogP contribution is -2.40. The quantitative estimate of drug-likeness (QED) is 0.612. The van der Waals surface area contributed by atoms with Gasteiger partial charge in [0.1, 0.15) is 5.92 Å². The molecule has 0 aliphatic carbocycles. The van der Waals surface area contributed by atoms with Gasteiger partial charge in [0, 0.05) is 12.1 Å². The zero-order valence-electron chi connectivity index (χ0n) is 9.27. The standard InChI is InChI=1S/C13H12N2O2/c14-8-9-3-5-10(6-4-9)12(16)11-2-1-7-15-13(11)17/h3-6,11H,1-2,7H2,(H,15,17). The van der Waals surface area contributed by atoms with E-state index in [1.165, 1.54) is 0 Å². The van der Waals surface area contributed by atoms with Crippen LogP contribution in [-0.4, -0.2) is 18.2 Å². The summed E-state index contributed by atoms with van der Waals surface area (Å²) in [5.74, 6) is -0.922. The van der Waals surface area contributed by atoms with Crippen molar-refractivity contribution in [2.75, 3.05) is 6.54 Å². The number of rotatable bonds is 2. The Bertz CT molecular complexity index is 485. The highest BCUT2D eigenvalue weighted by Crippen LogP contribution is 2.18. The summed E-state index contributed by atoms with van der Waals surface area (Å²) in [6.07, 6.45) is 1.43. The lowest BCUT2D eigenvalue weighted by atomic mass is 9.90. The molecule has 1 aliphatic heterocycles. The minimum atomic E-state index is -0.573. The highest BCUT2D eigenvalue weighted by Gasteiger charge is 2.29. The first-order valence-corrected chi connectivity index (χ1v) is 5.54. The fraction of sp³-hybridized carbons (Fsp3) is 0.308. The van der Waals surface area contributed by atoms with E-state index in [0.717, 1.165) is 6.42 Å². The molecule has 86 valence electrons. The molecule has 1 fully saturated rings. The van der Waals surface area contributed by atoms with E-state index in [-0.39, 0.29) is 11.7 Å². The zero-order chi connectivity index (χ0) is 12.3. The molecule has 1 saturated heterocycles. The Morgan fingerprint density at radius 3 is 2.65 bits per heavy atom. The minimum absolute atomic E-state index is 0.160. The Labute approximate surface area is 99.2 Å². The SMILES string of the molecule is N#Cc1ccc(C(=O)C2CCCNC2=O)cc1. The Kier molecular flexibility index (Phi) is 3.20. The predicted octanol–water partition coefficient (Wildman–Crippen LogP) is 1.27. The number of ketones is 1. The molecule has 4 heteroatoms. The van der Waals surface area contributed by atoms with Crippen molar-refractivity contribution in [2.45, 2.75) is 12.8 Å². The summed E-state index contributed by atoms with van der Waals surface area (Å²) in [6, 6.07) is 8.37. The van der Waals surface area contributed by atoms with Crippen molar-refractivity contribution in [3.8, 4) is 6.07 Å². The number of benzene rings is 1. The summed E-state index contributed by atoms with van der Waals surface area (Å²) in [5, 5.41) is 11.4. The van der Waals surface area contributed by atoms with Gasteiger partial charge >= 0.3 is 0 Å². The number of hydrogen-bond acceptors (Lipinski definition) is 3. The molecule has 0 radical (unpaired) electrons. The Morgan fingerprint density at radius 1 is 1.35 bits per heavy atom. The maximum atomic E-state index is 12.1. The normalized spacial score (nSPS) is 19.2. The number of nitrogens with zero attached hydrogens (tertiary/aromatic N) is 1. The second kappa shape index (κ2) is 4.79. The van der Waals surface area contributed by atoms with Gasteiger partial charge in [-0.05, 0) is 25.0 Å². The molecule has 1 aromatic carbocycles. The molecule has 1 heterocycles. The summed E-state index contributed by atoms with van der Waals surface area (Å²) < 4.78 is 0. The molecule has 1 aliphatic rings. The number of piperidine rings is 1. The van der Waals surface area contributed by atoms with Crippen molar-refractivity contribution in [2.24, 2.45) is 5.92 Å². The smallest absolute Gasteiger partial charge is 0.230 e. The first-order valence-electron chi connectivity index (χ1n) is 5.54. The predicted molar refractivity (Wildman–Crippen MR) is 61.2 cm³/mol. The third-order valence-corrected chi connectivity index (χ3v) is 2.90. The van der Waals surface area contributed by atoms with Crippen molar-refractivity contribution in [1.29, 1.82) is 5.26 Å². The summed E-state index contributed by atoms with van der Waals surface area (Å²) in [6.45, 7) is 0.649. The summed E-state index contributed by atoms with van der Waals surface area (Å²) in [7, 11) is 0. The van der Waals surface area contributed by atoms with E-state index in [1.54, 1.807) is 24.3 Å². The fourth-order valence-electron chi connectivity index (χ4n) is 1.93. The van der Waals surface area contributed by atoms with Gasteiger partial charge < -0.3 is 5.32 Å². The Morgan fingerprint density at radius 2 is 2.06 bits per heavy atom. The van der Waals surface area contributed by atoms with Crippen LogP contribution < -0.4 is 5.32 Å². The van der Waals surface area contributed by atoms with E-state index >= 15 is 0 Å². The fourth-order valence-corrected chi connectivity index (χ4v) is 1.93. The minimum Gasteiger partial charge on any atom is -0.355 e. The van der Waals surface area contributed by atoms with Crippen LogP contribution >= 0.6 is 0 Å². The molecular weight excluding hydrogens is 216 g/mol. The number of carbonyl (C=O) groups is 2. The summed E-state index contributed by atoms with van der Waals surface area (Å²) in [5.41, 5.74) is 1.00. The number of nitriles is 1. The van der Waals surface area contributed by atoms with Gasteiger partial charge in [-0.2, -0.15) is 5.26 Å². The van der Waals surface area contributed by atoms with E-state index < -0.39 is 5.92 Å². The van der Waals surface area contributed by atoms with Gasteiger partial charge in [-0.3, -0.25) is 9.59 Å². The van der Waals surface area contributed by atoms with Gasteiger partial charge in [0.15, 0.2) is 5.78 Å². The Hall–Kier alpha value is -2.15. The van der Waals surface area contributed by atoms with E-state index in [4.69, 9.17) is 5.26 Å². The van der Waals surface area contributed by atoms with Crippen LogP contribution in [0.15, 0.2) is 24.3 Å². The molecule has 0 saturated carbocycles. The molecule has 17 heavy (non-hydrogen) atoms. The highest BCUT2D eigenvalue weighted by atomic mass is 16.2. The second-order valence-corrected chi connectivity index (χ2v) is 4.04. The average Bonchev–Trinajstić information content (AvgIpc) is 2.39. The number of amides is 1. The van der Waals surface area contributed by atoms with Crippen LogP contribution in [0.4, 0.5) is 0 Å². The first-order chi connectivity index (χ1) is 8.22. The van der Waals surface area contributed by atoms with Crippen LogP contribution in [0.1, 0.15) is 28.8 Å². The maximum Gasteiger partial charge on any atom is 0.230 e. The molecule has 0 spiro atoms. The third-order valence-electron chi connectivity index (χ3n) is 2.90. The molecule has 0 aromatic heterocycles. The molecule has 1 amide bonds. The molecule has 4 nitrogen and oxygen atoms in total. The van der Waals surface area contributed by atoms with Crippen LogP contribution in [-0.2, 0) is 4.79 Å².